The van der Waals surface area contributed by atoms with Crippen LogP contribution in [0.5, 0.6) is 0 Å². The molecular formula is C17H22ClN3O. The molecule has 0 unspecified atom stereocenters. The normalized spacial score (nSPS) is 16.4. The summed E-state index contributed by atoms with van der Waals surface area (Å²) >= 11 is 6.20. The zero-order chi connectivity index (χ0) is 15.7. The number of fused-ring (bicyclic) bond motifs is 1. The van der Waals surface area contributed by atoms with E-state index in [1.165, 1.54) is 19.3 Å². The van der Waals surface area contributed by atoms with Gasteiger partial charge < -0.3 is 9.88 Å². The number of amides is 1. The Bertz CT molecular complexity index is 687. The molecule has 4 nitrogen and oxygen atoms in total. The van der Waals surface area contributed by atoms with Gasteiger partial charge in [0.2, 0.25) is 5.28 Å². The molecule has 1 aromatic heterocycles. The second-order valence-corrected chi connectivity index (χ2v) is 6.69. The molecule has 5 heteroatoms. The predicted octanol–water partition coefficient (Wildman–Crippen LogP) is 4.33. The van der Waals surface area contributed by atoms with Crippen molar-refractivity contribution in [3.63, 3.8) is 0 Å². The van der Waals surface area contributed by atoms with Crippen molar-refractivity contribution in [2.75, 3.05) is 0 Å². The second kappa shape index (κ2) is 6.29. The molecule has 22 heavy (non-hydrogen) atoms. The van der Waals surface area contributed by atoms with Crippen molar-refractivity contribution in [1.29, 1.82) is 0 Å². The Kier molecular flexibility index (Phi) is 4.39. The summed E-state index contributed by atoms with van der Waals surface area (Å²) in [6.07, 6.45) is 5.86. The molecule has 118 valence electrons. The Morgan fingerprint density at radius 1 is 1.32 bits per heavy atom. The molecule has 1 saturated carbocycles. The highest BCUT2D eigenvalue weighted by molar-refractivity contribution is 6.29. The van der Waals surface area contributed by atoms with Crippen LogP contribution in [0.1, 0.15) is 62.4 Å². The van der Waals surface area contributed by atoms with Crippen molar-refractivity contribution in [2.45, 2.75) is 58.0 Å². The first-order valence-electron chi connectivity index (χ1n) is 8.04. The lowest BCUT2D eigenvalue weighted by Crippen LogP contribution is -2.36. The summed E-state index contributed by atoms with van der Waals surface area (Å²) in [5.74, 6) is -0.0102. The Labute approximate surface area is 135 Å². The number of carbonyl (C=O) groups is 1. The van der Waals surface area contributed by atoms with Crippen molar-refractivity contribution in [2.24, 2.45) is 0 Å². The van der Waals surface area contributed by atoms with Gasteiger partial charge in [0.1, 0.15) is 0 Å². The fourth-order valence-electron chi connectivity index (χ4n) is 3.22. The van der Waals surface area contributed by atoms with Crippen LogP contribution in [0.15, 0.2) is 18.2 Å². The lowest BCUT2D eigenvalue weighted by Gasteiger charge is -2.22. The van der Waals surface area contributed by atoms with Gasteiger partial charge in [-0.2, -0.15) is 0 Å². The summed E-state index contributed by atoms with van der Waals surface area (Å²) in [7, 11) is 0. The van der Waals surface area contributed by atoms with E-state index in [0.717, 1.165) is 23.9 Å². The number of aromatic nitrogens is 2. The topological polar surface area (TPSA) is 46.9 Å². The Balaban J connectivity index is 1.84. The number of halogens is 1. The molecule has 1 heterocycles. The van der Waals surface area contributed by atoms with E-state index >= 15 is 0 Å². The summed E-state index contributed by atoms with van der Waals surface area (Å²) in [6.45, 7) is 4.13. The summed E-state index contributed by atoms with van der Waals surface area (Å²) in [5, 5.41) is 3.60. The fraction of sp³-hybridized carbons (Fsp3) is 0.529. The molecule has 2 aromatic rings. The zero-order valence-electron chi connectivity index (χ0n) is 13.1. The average Bonchev–Trinajstić information content (AvgIpc) is 2.83. The maximum absolute atomic E-state index is 12.4. The van der Waals surface area contributed by atoms with Crippen LogP contribution in [0.4, 0.5) is 0 Å². The predicted molar refractivity (Wildman–Crippen MR) is 89.5 cm³/mol. The average molecular weight is 320 g/mol. The van der Waals surface area contributed by atoms with Crippen molar-refractivity contribution in [3.8, 4) is 0 Å². The molecule has 0 aliphatic heterocycles. The number of nitrogens with one attached hydrogen (secondary N) is 1. The first kappa shape index (κ1) is 15.3. The molecule has 1 aliphatic rings. The maximum atomic E-state index is 12.4. The Morgan fingerprint density at radius 2 is 2.05 bits per heavy atom. The van der Waals surface area contributed by atoms with Gasteiger partial charge in [0, 0.05) is 17.6 Å². The van der Waals surface area contributed by atoms with Gasteiger partial charge in [0.05, 0.1) is 11.0 Å². The van der Waals surface area contributed by atoms with Crippen LogP contribution in [0, 0.1) is 0 Å². The van der Waals surface area contributed by atoms with Gasteiger partial charge in [-0.25, -0.2) is 4.98 Å². The van der Waals surface area contributed by atoms with Crippen LogP contribution >= 0.6 is 11.6 Å². The molecule has 3 rings (SSSR count). The van der Waals surface area contributed by atoms with Crippen molar-refractivity contribution in [1.82, 2.24) is 14.9 Å². The summed E-state index contributed by atoms with van der Waals surface area (Å²) in [6, 6.07) is 6.17. The van der Waals surface area contributed by atoms with Crippen LogP contribution in [-0.2, 0) is 0 Å². The molecule has 0 spiro atoms. The minimum Gasteiger partial charge on any atom is -0.349 e. The number of imidazole rings is 1. The quantitative estimate of drug-likeness (QED) is 0.915. The Hall–Kier alpha value is -1.55. The monoisotopic (exact) mass is 319 g/mol. The van der Waals surface area contributed by atoms with E-state index in [1.54, 1.807) is 0 Å². The highest BCUT2D eigenvalue weighted by Crippen LogP contribution is 2.25. The second-order valence-electron chi connectivity index (χ2n) is 6.36. The number of hydrogen-bond acceptors (Lipinski definition) is 2. The van der Waals surface area contributed by atoms with Crippen LogP contribution in [0.2, 0.25) is 5.28 Å². The van der Waals surface area contributed by atoms with Crippen LogP contribution in [-0.4, -0.2) is 21.5 Å². The van der Waals surface area contributed by atoms with Crippen LogP contribution in [0.25, 0.3) is 11.0 Å². The molecule has 1 fully saturated rings. The van der Waals surface area contributed by atoms with Gasteiger partial charge in [0.25, 0.3) is 5.91 Å². The molecule has 0 radical (unpaired) electrons. The van der Waals surface area contributed by atoms with Crippen molar-refractivity contribution < 1.29 is 4.79 Å². The van der Waals surface area contributed by atoms with E-state index in [4.69, 9.17) is 11.6 Å². The first-order chi connectivity index (χ1) is 10.6. The van der Waals surface area contributed by atoms with E-state index in [1.807, 2.05) is 22.8 Å². The lowest BCUT2D eigenvalue weighted by molar-refractivity contribution is 0.0928. The van der Waals surface area contributed by atoms with Crippen LogP contribution < -0.4 is 5.32 Å². The molecule has 0 bridgehead atoms. The van der Waals surface area contributed by atoms with E-state index in [9.17, 15) is 4.79 Å². The highest BCUT2D eigenvalue weighted by atomic mass is 35.5. The minimum absolute atomic E-state index is 0.0102. The van der Waals surface area contributed by atoms with E-state index in [-0.39, 0.29) is 11.9 Å². The lowest BCUT2D eigenvalue weighted by atomic mass is 9.95. The third-order valence-electron chi connectivity index (χ3n) is 4.37. The van der Waals surface area contributed by atoms with Gasteiger partial charge in [-0.05, 0) is 56.5 Å². The van der Waals surface area contributed by atoms with Crippen LogP contribution in [0.3, 0.4) is 0 Å². The van der Waals surface area contributed by atoms with E-state index in [0.29, 0.717) is 16.9 Å². The summed E-state index contributed by atoms with van der Waals surface area (Å²) in [4.78, 5) is 16.8. The smallest absolute Gasteiger partial charge is 0.251 e. The zero-order valence-corrected chi connectivity index (χ0v) is 13.9. The summed E-state index contributed by atoms with van der Waals surface area (Å²) < 4.78 is 1.97. The summed E-state index contributed by atoms with van der Waals surface area (Å²) in [5.41, 5.74) is 2.40. The molecular weight excluding hydrogens is 298 g/mol. The molecule has 1 amide bonds. The molecule has 1 aliphatic carbocycles. The molecule has 1 aromatic carbocycles. The Morgan fingerprint density at radius 3 is 2.73 bits per heavy atom. The number of benzene rings is 1. The maximum Gasteiger partial charge on any atom is 0.251 e. The SMILES string of the molecule is CC(C)n1c(Cl)nc2cc(C(=O)NC3CCCCC3)ccc21. The van der Waals surface area contributed by atoms with E-state index in [2.05, 4.69) is 24.1 Å². The minimum atomic E-state index is -0.0102. The van der Waals surface area contributed by atoms with Gasteiger partial charge >= 0.3 is 0 Å². The number of hydrogen-bond donors (Lipinski definition) is 1. The third kappa shape index (κ3) is 2.98. The third-order valence-corrected chi connectivity index (χ3v) is 4.63. The van der Waals surface area contributed by atoms with Crippen molar-refractivity contribution >= 4 is 28.5 Å². The number of rotatable bonds is 3. The fourth-order valence-corrected chi connectivity index (χ4v) is 3.59. The molecule has 0 saturated heterocycles. The van der Waals surface area contributed by atoms with Gasteiger partial charge in [-0.1, -0.05) is 19.3 Å². The van der Waals surface area contributed by atoms with Crippen molar-refractivity contribution in [3.05, 3.63) is 29.0 Å². The number of carbonyl (C=O) groups excluding carboxylic acids is 1. The van der Waals surface area contributed by atoms with Gasteiger partial charge in [0.15, 0.2) is 0 Å². The first-order valence-corrected chi connectivity index (χ1v) is 8.42. The highest BCUT2D eigenvalue weighted by Gasteiger charge is 2.18. The molecule has 0 atom stereocenters. The van der Waals surface area contributed by atoms with Gasteiger partial charge in [-0.15, -0.1) is 0 Å². The molecule has 1 N–H and O–H groups in total. The number of nitrogens with zero attached hydrogens (tertiary/aromatic N) is 2. The van der Waals surface area contributed by atoms with E-state index < -0.39 is 0 Å². The largest absolute Gasteiger partial charge is 0.349 e. The van der Waals surface area contributed by atoms with Gasteiger partial charge in [-0.3, -0.25) is 4.79 Å². The standard InChI is InChI=1S/C17H22ClN3O/c1-11(2)21-15-9-8-12(10-14(15)20-17(21)18)16(22)19-13-6-4-3-5-7-13/h8-11,13H,3-7H2,1-2H3,(H,19,22).